The zero-order valence-corrected chi connectivity index (χ0v) is 20.4. The maximum Gasteiger partial charge on any atom is 0.263 e. The van der Waals surface area contributed by atoms with Gasteiger partial charge in [0.25, 0.3) is 5.56 Å². The maximum absolute atomic E-state index is 13.6. The van der Waals surface area contributed by atoms with Gasteiger partial charge in [0.15, 0.2) is 16.7 Å². The zero-order valence-electron chi connectivity index (χ0n) is 18.8. The first kappa shape index (κ1) is 22.3. The molecular formula is C24H27N3O4S2. The molecule has 2 heterocycles. The first-order chi connectivity index (χ1) is 16.1. The zero-order chi connectivity index (χ0) is 22.9. The molecule has 2 aliphatic carbocycles. The van der Waals surface area contributed by atoms with E-state index in [4.69, 9.17) is 14.5 Å². The Kier molecular flexibility index (Phi) is 6.34. The van der Waals surface area contributed by atoms with E-state index < -0.39 is 0 Å². The molecule has 2 aliphatic rings. The second-order valence-corrected chi connectivity index (χ2v) is 10.5. The van der Waals surface area contributed by atoms with Gasteiger partial charge in [-0.2, -0.15) is 0 Å². The Balaban J connectivity index is 1.45. The van der Waals surface area contributed by atoms with E-state index in [9.17, 15) is 9.59 Å². The number of thiophene rings is 1. The van der Waals surface area contributed by atoms with Crippen molar-refractivity contribution in [3.63, 3.8) is 0 Å². The van der Waals surface area contributed by atoms with Crippen molar-refractivity contribution >= 4 is 39.2 Å². The summed E-state index contributed by atoms with van der Waals surface area (Å²) in [6.45, 7) is 0.481. The van der Waals surface area contributed by atoms with Gasteiger partial charge in [-0.25, -0.2) is 4.98 Å². The summed E-state index contributed by atoms with van der Waals surface area (Å²) in [6, 6.07) is 6.12. The van der Waals surface area contributed by atoms with Gasteiger partial charge in [-0.15, -0.1) is 11.3 Å². The molecule has 0 atom stereocenters. The number of carbonyl (C=O) groups is 1. The van der Waals surface area contributed by atoms with Crippen LogP contribution in [0.15, 0.2) is 28.2 Å². The molecule has 0 bridgehead atoms. The minimum Gasteiger partial charge on any atom is -0.493 e. The van der Waals surface area contributed by atoms with Gasteiger partial charge in [-0.3, -0.25) is 14.2 Å². The van der Waals surface area contributed by atoms with E-state index in [0.717, 1.165) is 47.9 Å². The van der Waals surface area contributed by atoms with Crippen molar-refractivity contribution in [2.75, 3.05) is 20.0 Å². The monoisotopic (exact) mass is 485 g/mol. The lowest BCUT2D eigenvalue weighted by Gasteiger charge is -2.14. The van der Waals surface area contributed by atoms with Crippen LogP contribution in [0.3, 0.4) is 0 Å². The van der Waals surface area contributed by atoms with Gasteiger partial charge in [0.05, 0.1) is 25.4 Å². The Bertz CT molecular complexity index is 1260. The molecule has 1 amide bonds. The number of nitrogens with zero attached hydrogens (tertiary/aromatic N) is 2. The molecule has 0 unspecified atom stereocenters. The lowest BCUT2D eigenvalue weighted by molar-refractivity contribution is -0.118. The fourth-order valence-electron chi connectivity index (χ4n) is 4.27. The number of benzene rings is 1. The number of methoxy groups -OCH3 is 2. The van der Waals surface area contributed by atoms with Crippen molar-refractivity contribution in [2.45, 2.75) is 56.3 Å². The summed E-state index contributed by atoms with van der Waals surface area (Å²) in [6.07, 6.45) is 5.81. The van der Waals surface area contributed by atoms with Crippen molar-refractivity contribution in [1.29, 1.82) is 0 Å². The third kappa shape index (κ3) is 4.61. The van der Waals surface area contributed by atoms with Crippen molar-refractivity contribution in [1.82, 2.24) is 14.9 Å². The third-order valence-corrected chi connectivity index (χ3v) is 8.30. The van der Waals surface area contributed by atoms with Crippen LogP contribution in [0.2, 0.25) is 0 Å². The van der Waals surface area contributed by atoms with Crippen molar-refractivity contribution in [3.05, 3.63) is 44.6 Å². The molecule has 1 N–H and O–H groups in total. The van der Waals surface area contributed by atoms with E-state index in [0.29, 0.717) is 35.7 Å². The van der Waals surface area contributed by atoms with E-state index in [1.807, 2.05) is 18.2 Å². The van der Waals surface area contributed by atoms with Crippen LogP contribution >= 0.6 is 23.1 Å². The maximum atomic E-state index is 13.6. The third-order valence-electron chi connectivity index (χ3n) is 6.14. The summed E-state index contributed by atoms with van der Waals surface area (Å²) in [5.41, 5.74) is 2.22. The number of thioether (sulfide) groups is 1. The molecule has 1 saturated carbocycles. The molecule has 1 fully saturated rings. The highest BCUT2D eigenvalue weighted by Gasteiger charge is 2.25. The number of rotatable bonds is 9. The molecule has 3 aromatic rings. The van der Waals surface area contributed by atoms with Crippen molar-refractivity contribution < 1.29 is 14.3 Å². The Hall–Kier alpha value is -2.52. The summed E-state index contributed by atoms with van der Waals surface area (Å²) < 4.78 is 12.5. The Morgan fingerprint density at radius 1 is 1.24 bits per heavy atom. The van der Waals surface area contributed by atoms with Gasteiger partial charge >= 0.3 is 0 Å². The van der Waals surface area contributed by atoms with Crippen LogP contribution in [0, 0.1) is 0 Å². The normalized spacial score (nSPS) is 15.0. The molecule has 0 saturated heterocycles. The number of hydrogen-bond acceptors (Lipinski definition) is 7. The van der Waals surface area contributed by atoms with Gasteiger partial charge in [0, 0.05) is 17.5 Å². The lowest BCUT2D eigenvalue weighted by Crippen LogP contribution is -2.28. The summed E-state index contributed by atoms with van der Waals surface area (Å²) in [7, 11) is 3.22. The predicted octanol–water partition coefficient (Wildman–Crippen LogP) is 3.58. The Labute approximate surface area is 200 Å². The number of carbonyl (C=O) groups excluding carboxylic acids is 1. The van der Waals surface area contributed by atoms with Crippen LogP contribution in [0.4, 0.5) is 0 Å². The average molecular weight is 486 g/mol. The lowest BCUT2D eigenvalue weighted by atomic mass is 10.1. The topological polar surface area (TPSA) is 82.5 Å². The van der Waals surface area contributed by atoms with Gasteiger partial charge in [0.1, 0.15) is 4.83 Å². The minimum atomic E-state index is -0.00281. The number of fused-ring (bicyclic) bond motifs is 3. The van der Waals surface area contributed by atoms with Crippen molar-refractivity contribution in [2.24, 2.45) is 0 Å². The minimum absolute atomic E-state index is 0.00281. The highest BCUT2D eigenvalue weighted by molar-refractivity contribution is 7.99. The number of aryl methyl sites for hydroxylation is 3. The number of nitrogens with one attached hydrogen (secondary N) is 1. The largest absolute Gasteiger partial charge is 0.493 e. The predicted molar refractivity (Wildman–Crippen MR) is 131 cm³/mol. The number of aromatic nitrogens is 2. The van der Waals surface area contributed by atoms with Crippen LogP contribution in [0.1, 0.15) is 35.3 Å². The molecule has 9 heteroatoms. The van der Waals surface area contributed by atoms with Crippen LogP contribution in [0.25, 0.3) is 10.2 Å². The number of amides is 1. The smallest absolute Gasteiger partial charge is 0.263 e. The van der Waals surface area contributed by atoms with Gasteiger partial charge in [-0.05, 0) is 61.8 Å². The highest BCUT2D eigenvalue weighted by Crippen LogP contribution is 2.36. The van der Waals surface area contributed by atoms with Crippen LogP contribution in [-0.4, -0.2) is 41.5 Å². The summed E-state index contributed by atoms with van der Waals surface area (Å²) >= 11 is 2.98. The fourth-order valence-corrected chi connectivity index (χ4v) is 6.41. The van der Waals surface area contributed by atoms with Gasteiger partial charge in [-0.1, -0.05) is 17.8 Å². The van der Waals surface area contributed by atoms with E-state index in [2.05, 4.69) is 5.32 Å². The van der Waals surface area contributed by atoms with E-state index in [-0.39, 0.29) is 17.2 Å². The second kappa shape index (κ2) is 9.38. The average Bonchev–Trinajstić information content (AvgIpc) is 3.39. The molecule has 174 valence electrons. The molecule has 0 spiro atoms. The van der Waals surface area contributed by atoms with Crippen molar-refractivity contribution in [3.8, 4) is 11.5 Å². The van der Waals surface area contributed by atoms with Gasteiger partial charge < -0.3 is 14.8 Å². The summed E-state index contributed by atoms with van der Waals surface area (Å²) in [5, 5.41) is 4.39. The number of ether oxygens (including phenoxy) is 2. The summed E-state index contributed by atoms with van der Waals surface area (Å²) in [4.78, 5) is 32.8. The molecule has 5 rings (SSSR count). The first-order valence-electron chi connectivity index (χ1n) is 11.3. The van der Waals surface area contributed by atoms with Gasteiger partial charge in [0.2, 0.25) is 5.91 Å². The Morgan fingerprint density at radius 2 is 2.06 bits per heavy atom. The number of hydrogen-bond donors (Lipinski definition) is 1. The molecule has 33 heavy (non-hydrogen) atoms. The quantitative estimate of drug-likeness (QED) is 0.369. The second-order valence-electron chi connectivity index (χ2n) is 8.46. The molecule has 0 radical (unpaired) electrons. The standard InChI is InChI=1S/C24H27N3O4S2/c1-30-17-9-6-14(12-18(17)31-2)10-11-27-23(29)21-16-4-3-5-19(16)33-22(21)26-24(27)32-13-20(28)25-15-7-8-15/h6,9,12,15H,3-5,7-8,10-11,13H2,1-2H3,(H,25,28). The van der Waals surface area contributed by atoms with Crippen LogP contribution in [-0.2, 0) is 30.6 Å². The Morgan fingerprint density at radius 3 is 2.82 bits per heavy atom. The van der Waals surface area contributed by atoms with Crippen LogP contribution < -0.4 is 20.3 Å². The van der Waals surface area contributed by atoms with E-state index in [1.165, 1.54) is 22.2 Å². The van der Waals surface area contributed by atoms with E-state index >= 15 is 0 Å². The van der Waals surface area contributed by atoms with E-state index in [1.54, 1.807) is 30.1 Å². The molecule has 2 aromatic heterocycles. The fraction of sp³-hybridized carbons (Fsp3) is 0.458. The summed E-state index contributed by atoms with van der Waals surface area (Å²) in [5.74, 6) is 1.60. The molecular weight excluding hydrogens is 458 g/mol. The van der Waals surface area contributed by atoms with Crippen LogP contribution in [0.5, 0.6) is 11.5 Å². The molecule has 1 aromatic carbocycles. The molecule has 0 aliphatic heterocycles. The first-order valence-corrected chi connectivity index (χ1v) is 13.1. The highest BCUT2D eigenvalue weighted by atomic mass is 32.2. The SMILES string of the molecule is COc1ccc(CCn2c(SCC(=O)NC3CC3)nc3sc4c(c3c2=O)CCC4)cc1OC. The molecule has 7 nitrogen and oxygen atoms in total.